The number of amides is 2. The van der Waals surface area contributed by atoms with Crippen LogP contribution in [0.5, 0.6) is 0 Å². The van der Waals surface area contributed by atoms with Crippen molar-refractivity contribution in [2.24, 2.45) is 0 Å². The van der Waals surface area contributed by atoms with Crippen LogP contribution in [0.1, 0.15) is 233 Å². The van der Waals surface area contributed by atoms with E-state index in [4.69, 9.17) is 56.8 Å². The number of hydrogen-bond acceptors (Lipinski definition) is 32. The van der Waals surface area contributed by atoms with Crippen LogP contribution in [-0.2, 0) is 66.4 Å². The molecule has 0 spiro atoms. The quantitative estimate of drug-likeness (QED) is 0.0292. The summed E-state index contributed by atoms with van der Waals surface area (Å²) >= 11 is 0. The van der Waals surface area contributed by atoms with Gasteiger partial charge in [0.1, 0.15) is 140 Å². The third-order valence-electron chi connectivity index (χ3n) is 22.4. The smallest absolute Gasteiger partial charge is 0.220 e. The number of unbranched alkanes of at least 4 members (excludes halogenated alkanes) is 28. The van der Waals surface area contributed by atoms with Crippen molar-refractivity contribution >= 4 is 11.8 Å². The minimum Gasteiger partial charge on any atom is -0.394 e. The van der Waals surface area contributed by atoms with E-state index in [0.29, 0.717) is 12.8 Å². The van der Waals surface area contributed by atoms with Gasteiger partial charge in [-0.25, -0.2) is 0 Å². The first-order chi connectivity index (χ1) is 54.9. The highest BCUT2D eigenvalue weighted by Crippen LogP contribution is 2.38. The van der Waals surface area contributed by atoms with E-state index >= 15 is 0 Å². The molecule has 0 aliphatic carbocycles. The monoisotopic (exact) mass is 1640 g/mol. The van der Waals surface area contributed by atoms with Gasteiger partial charge < -0.3 is 159 Å². The Kier molecular flexibility index (Phi) is 47.9. The minimum atomic E-state index is -2.26. The first-order valence-electron chi connectivity index (χ1n) is 42.5. The molecule has 34 nitrogen and oxygen atoms in total. The lowest BCUT2D eigenvalue weighted by atomic mass is 9.94. The maximum atomic E-state index is 13.5. The van der Waals surface area contributed by atoms with Gasteiger partial charge >= 0.3 is 0 Å². The Morgan fingerprint density at radius 3 is 1.21 bits per heavy atom. The summed E-state index contributed by atoms with van der Waals surface area (Å²) in [5.74, 6) is -1.20. The fourth-order valence-corrected chi connectivity index (χ4v) is 15.4. The van der Waals surface area contributed by atoms with Gasteiger partial charge in [0.15, 0.2) is 37.7 Å². The molecule has 6 heterocycles. The van der Waals surface area contributed by atoms with Crippen LogP contribution in [0, 0.1) is 0 Å². The average Bonchev–Trinajstić information content (AvgIpc) is 0.763. The summed E-state index contributed by atoms with van der Waals surface area (Å²) in [5, 5.41) is 206. The number of nitrogens with one attached hydrogen (secondary N) is 2. The van der Waals surface area contributed by atoms with E-state index in [9.17, 15) is 102 Å². The highest BCUT2D eigenvalue weighted by Gasteiger charge is 2.58. The van der Waals surface area contributed by atoms with E-state index in [1.165, 1.54) is 135 Å². The van der Waals surface area contributed by atoms with Gasteiger partial charge in [0.2, 0.25) is 11.8 Å². The molecule has 12 unspecified atom stereocenters. The van der Waals surface area contributed by atoms with Crippen molar-refractivity contribution in [1.29, 1.82) is 0 Å². The number of carbonyl (C=O) groups is 2. The lowest BCUT2D eigenvalue weighted by Gasteiger charge is -2.51. The second kappa shape index (κ2) is 54.6. The van der Waals surface area contributed by atoms with Crippen LogP contribution in [0.4, 0.5) is 0 Å². The molecule has 20 N–H and O–H groups in total. The summed E-state index contributed by atoms with van der Waals surface area (Å²) in [6, 6.07) is -2.87. The molecular weight excluding hydrogens is 1500 g/mol. The zero-order valence-corrected chi connectivity index (χ0v) is 67.4. The lowest BCUT2D eigenvalue weighted by molar-refractivity contribution is -0.393. The second-order valence-corrected chi connectivity index (χ2v) is 31.7. The van der Waals surface area contributed by atoms with E-state index in [0.717, 1.165) is 64.7 Å². The van der Waals surface area contributed by atoms with Crippen molar-refractivity contribution in [2.75, 3.05) is 39.6 Å². The molecule has 114 heavy (non-hydrogen) atoms. The van der Waals surface area contributed by atoms with E-state index in [1.54, 1.807) is 6.08 Å². The molecule has 32 atom stereocenters. The van der Waals surface area contributed by atoms with Crippen LogP contribution in [0.15, 0.2) is 24.3 Å². The molecule has 34 heteroatoms. The molecule has 6 aliphatic heterocycles. The van der Waals surface area contributed by atoms with Gasteiger partial charge in [-0.1, -0.05) is 192 Å². The van der Waals surface area contributed by atoms with Crippen molar-refractivity contribution in [3.63, 3.8) is 0 Å². The molecule has 2 amide bonds. The number of ether oxygens (including phenoxy) is 12. The number of rotatable bonds is 55. The van der Waals surface area contributed by atoms with Crippen LogP contribution in [0.3, 0.4) is 0 Å². The zero-order valence-electron chi connectivity index (χ0n) is 67.4. The van der Waals surface area contributed by atoms with Gasteiger partial charge in [-0.05, 0) is 51.9 Å². The van der Waals surface area contributed by atoms with Gasteiger partial charge in [0, 0.05) is 13.3 Å². The second-order valence-electron chi connectivity index (χ2n) is 31.7. The molecule has 666 valence electrons. The first-order valence-corrected chi connectivity index (χ1v) is 42.5. The predicted octanol–water partition coefficient (Wildman–Crippen LogP) is 0.576. The van der Waals surface area contributed by atoms with Gasteiger partial charge in [0.05, 0.1) is 57.9 Å². The molecule has 6 aliphatic rings. The van der Waals surface area contributed by atoms with Crippen LogP contribution in [0.25, 0.3) is 0 Å². The number of aliphatic hydroxyl groups is 18. The lowest BCUT2D eigenvalue weighted by Crippen LogP contribution is -2.70. The third kappa shape index (κ3) is 31.3. The Balaban J connectivity index is 1.05. The fraction of sp³-hybridized carbons (Fsp3) is 0.925. The normalized spacial score (nSPS) is 36.9. The molecule has 0 bridgehead atoms. The zero-order chi connectivity index (χ0) is 83.2. The van der Waals surface area contributed by atoms with Crippen molar-refractivity contribution in [1.82, 2.24) is 10.6 Å². The molecule has 0 radical (unpaired) electrons. The van der Waals surface area contributed by atoms with Crippen molar-refractivity contribution < 1.29 is 158 Å². The fourth-order valence-electron chi connectivity index (χ4n) is 15.4. The Morgan fingerprint density at radius 1 is 0.360 bits per heavy atom. The molecule has 6 fully saturated rings. The van der Waals surface area contributed by atoms with Crippen LogP contribution in [0.2, 0.25) is 0 Å². The Bertz CT molecular complexity index is 2610. The third-order valence-corrected chi connectivity index (χ3v) is 22.4. The largest absolute Gasteiger partial charge is 0.394 e. The maximum absolute atomic E-state index is 13.5. The van der Waals surface area contributed by atoms with Crippen molar-refractivity contribution in [3.05, 3.63) is 24.3 Å². The molecule has 0 aromatic rings. The van der Waals surface area contributed by atoms with E-state index in [2.05, 4.69) is 36.6 Å². The van der Waals surface area contributed by atoms with Crippen LogP contribution in [-0.4, -0.2) is 340 Å². The Labute approximate surface area is 671 Å². The number of carbonyl (C=O) groups excluding carboxylic acids is 2. The highest BCUT2D eigenvalue weighted by molar-refractivity contribution is 5.76. The minimum absolute atomic E-state index is 0.182. The van der Waals surface area contributed by atoms with E-state index in [-0.39, 0.29) is 12.3 Å². The van der Waals surface area contributed by atoms with E-state index < -0.39 is 242 Å². The maximum Gasteiger partial charge on any atom is 0.220 e. The van der Waals surface area contributed by atoms with Crippen molar-refractivity contribution in [3.8, 4) is 0 Å². The number of aliphatic hydroxyl groups excluding tert-OH is 18. The predicted molar refractivity (Wildman–Crippen MR) is 408 cm³/mol. The standard InChI is InChI=1S/C80H144N2O32/c1-5-7-9-11-13-15-17-19-20-21-22-23-24-25-26-28-30-32-34-36-38-40-56(90)82-49(50(89)39-37-35-33-31-29-27-18-16-14-12-10-8-6-2)46-103-76-67(100)64(97)70(54(44-86)108-76)110-78-68(101)65(98)71(55(45-87)109-78)111-79-69(102)73(61(94)53(43-85)106-79)113-75-57(81-48(4)88)72(60(93)52(42-84)105-75)112-80-74(63(96)59(92)51(41-83)107-80)114-77-66(99)62(95)58(91)47(3)104-77/h19-20,37,39,47,49-55,57-80,83-87,89,91-102H,5-18,21-36,38,40-46H2,1-4H3,(H,81,88)(H,82,90)/b20-19-,39-37+/t47?,49-,50+,51?,52?,53?,54?,55?,57?,58+,59-,60-,61-,62?,63-,64+,65+,66-,67?,68?,69?,70+,71-,72+,73-,74?,75-,76+,77+,78-,79-,80-/m0/s1. The summed E-state index contributed by atoms with van der Waals surface area (Å²) in [6.07, 6.45) is -12.2. The molecule has 6 rings (SSSR count). The number of allylic oxidation sites excluding steroid dienone is 3. The highest BCUT2D eigenvalue weighted by atomic mass is 16.8. The molecule has 6 saturated heterocycles. The van der Waals surface area contributed by atoms with E-state index in [1.807, 2.05) is 6.08 Å². The van der Waals surface area contributed by atoms with Gasteiger partial charge in [-0.2, -0.15) is 0 Å². The Hall–Kier alpha value is -2.78. The van der Waals surface area contributed by atoms with Gasteiger partial charge in [-0.15, -0.1) is 0 Å². The van der Waals surface area contributed by atoms with Crippen molar-refractivity contribution in [2.45, 2.75) is 429 Å². The molecular formula is C80H144N2O32. The van der Waals surface area contributed by atoms with Crippen LogP contribution < -0.4 is 10.6 Å². The Morgan fingerprint density at radius 2 is 0.719 bits per heavy atom. The topological polar surface area (TPSA) is 533 Å². The SMILES string of the molecule is CCCCCCCC/C=C\CCCCCCCCCCCCCC(=O)N[C@@H](CO[C@@H]1OC(CO)[C@@H](O[C@@H]2OC(CO)[C@H](O[C@@H]3OC(CO)[C@H](O)[C@H](O[C@@H]4OC(CO)[C@H](O)[C@H](O[C@@H]5OC(CO)[C@H](O)[C@H](O)C5O[C@H]5OC(C)[C@@H](O)C(O)[C@@H]5O)C4NC(C)=O)C3O)[C@H](O)C2O)[C@H](O)C1O)[C@H](O)/C=C/CCCCCCCCCCCCC. The van der Waals surface area contributed by atoms with Gasteiger partial charge in [-0.3, -0.25) is 9.59 Å². The summed E-state index contributed by atoms with van der Waals surface area (Å²) in [4.78, 5) is 26.6. The summed E-state index contributed by atoms with van der Waals surface area (Å²) in [5.41, 5.74) is 0. The van der Waals surface area contributed by atoms with Crippen LogP contribution >= 0.6 is 0 Å². The molecule has 0 aromatic heterocycles. The first kappa shape index (κ1) is 100. The number of hydrogen-bond donors (Lipinski definition) is 20. The molecule has 0 aromatic carbocycles. The van der Waals surface area contributed by atoms with Gasteiger partial charge in [0.25, 0.3) is 0 Å². The summed E-state index contributed by atoms with van der Waals surface area (Å²) in [7, 11) is 0. The summed E-state index contributed by atoms with van der Waals surface area (Å²) in [6.45, 7) is 1.36. The average molecular weight is 1650 g/mol. The molecule has 0 saturated carbocycles. The summed E-state index contributed by atoms with van der Waals surface area (Å²) < 4.78 is 70.8.